The summed E-state index contributed by atoms with van der Waals surface area (Å²) in [6, 6.07) is 14.5. The average Bonchev–Trinajstić information content (AvgIpc) is 2.49. The Kier molecular flexibility index (Phi) is 5.56. The Morgan fingerprint density at radius 2 is 1.90 bits per heavy atom. The number of halogens is 1. The number of para-hydroxylation sites is 1. The molecule has 6 heteroatoms. The summed E-state index contributed by atoms with van der Waals surface area (Å²) < 4.78 is 1.13. The molecule has 0 saturated carbocycles. The van der Waals surface area contributed by atoms with Gasteiger partial charge in [-0.1, -0.05) is 12.1 Å². The van der Waals surface area contributed by atoms with Crippen molar-refractivity contribution in [2.24, 2.45) is 5.10 Å². The summed E-state index contributed by atoms with van der Waals surface area (Å²) in [5, 5.41) is 16.3. The highest BCUT2D eigenvalue weighted by molar-refractivity contribution is 14.1. The predicted octanol–water partition coefficient (Wildman–Crippen LogP) is 2.56. The first-order valence-electron chi connectivity index (χ1n) is 6.24. The van der Waals surface area contributed by atoms with Crippen molar-refractivity contribution in [3.8, 4) is 5.75 Å². The number of amides is 1. The molecule has 3 N–H and O–H groups in total. The Hall–Kier alpha value is -2.09. The molecule has 0 saturated heterocycles. The van der Waals surface area contributed by atoms with Crippen molar-refractivity contribution in [1.29, 1.82) is 0 Å². The molecule has 0 aromatic heterocycles. The van der Waals surface area contributed by atoms with Gasteiger partial charge in [0.25, 0.3) is 5.91 Å². The van der Waals surface area contributed by atoms with Gasteiger partial charge in [-0.2, -0.15) is 5.10 Å². The monoisotopic (exact) mass is 395 g/mol. The number of anilines is 1. The van der Waals surface area contributed by atoms with Crippen LogP contribution in [-0.4, -0.2) is 23.8 Å². The molecule has 0 radical (unpaired) electrons. The molecule has 21 heavy (non-hydrogen) atoms. The fourth-order valence-electron chi connectivity index (χ4n) is 1.56. The van der Waals surface area contributed by atoms with Crippen LogP contribution in [0.15, 0.2) is 53.6 Å². The third kappa shape index (κ3) is 5.07. The van der Waals surface area contributed by atoms with E-state index >= 15 is 0 Å². The maximum absolute atomic E-state index is 11.6. The molecule has 2 aromatic carbocycles. The van der Waals surface area contributed by atoms with Gasteiger partial charge in [-0.3, -0.25) is 4.79 Å². The van der Waals surface area contributed by atoms with Gasteiger partial charge in [0.15, 0.2) is 0 Å². The third-order valence-corrected chi connectivity index (χ3v) is 3.35. The minimum Gasteiger partial charge on any atom is -0.507 e. The number of aromatic hydroxyl groups is 1. The summed E-state index contributed by atoms with van der Waals surface area (Å²) in [7, 11) is 0. The van der Waals surface area contributed by atoms with E-state index in [4.69, 9.17) is 0 Å². The van der Waals surface area contributed by atoms with E-state index < -0.39 is 0 Å². The Balaban J connectivity index is 1.80. The second-order valence-corrected chi connectivity index (χ2v) is 5.46. The number of carbonyl (C=O) groups excluding carboxylic acids is 1. The maximum atomic E-state index is 11.6. The van der Waals surface area contributed by atoms with Crippen LogP contribution >= 0.6 is 22.6 Å². The van der Waals surface area contributed by atoms with Gasteiger partial charge >= 0.3 is 0 Å². The predicted molar refractivity (Wildman–Crippen MR) is 91.5 cm³/mol. The molecule has 0 bridgehead atoms. The lowest BCUT2D eigenvalue weighted by Crippen LogP contribution is -2.25. The summed E-state index contributed by atoms with van der Waals surface area (Å²) in [4.78, 5) is 11.6. The zero-order valence-electron chi connectivity index (χ0n) is 11.1. The third-order valence-electron chi connectivity index (χ3n) is 2.63. The second kappa shape index (κ2) is 7.63. The smallest absolute Gasteiger partial charge is 0.259 e. The second-order valence-electron chi connectivity index (χ2n) is 4.21. The number of nitrogens with one attached hydrogen (secondary N) is 2. The molecule has 5 nitrogen and oxygen atoms in total. The van der Waals surface area contributed by atoms with Crippen molar-refractivity contribution < 1.29 is 9.90 Å². The number of nitrogens with zero attached hydrogens (tertiary/aromatic N) is 1. The number of hydrogen-bond donors (Lipinski definition) is 3. The number of hydrazone groups is 1. The van der Waals surface area contributed by atoms with E-state index in [0.29, 0.717) is 5.56 Å². The number of hydrogen-bond acceptors (Lipinski definition) is 4. The highest BCUT2D eigenvalue weighted by Crippen LogP contribution is 2.12. The number of rotatable bonds is 5. The van der Waals surface area contributed by atoms with E-state index in [9.17, 15) is 9.90 Å². The SMILES string of the molecule is O=C(CNc1ccc(I)cc1)N/N=C/c1ccccc1O. The van der Waals surface area contributed by atoms with Crippen LogP contribution in [-0.2, 0) is 4.79 Å². The van der Waals surface area contributed by atoms with Crippen molar-refractivity contribution in [2.75, 3.05) is 11.9 Å². The lowest BCUT2D eigenvalue weighted by molar-refractivity contribution is -0.119. The quantitative estimate of drug-likeness (QED) is 0.414. The van der Waals surface area contributed by atoms with Crippen molar-refractivity contribution in [3.63, 3.8) is 0 Å². The molecule has 1 amide bonds. The maximum Gasteiger partial charge on any atom is 0.259 e. The van der Waals surface area contributed by atoms with Gasteiger partial charge in [-0.25, -0.2) is 5.43 Å². The largest absolute Gasteiger partial charge is 0.507 e. The van der Waals surface area contributed by atoms with Gasteiger partial charge in [-0.15, -0.1) is 0 Å². The fraction of sp³-hybridized carbons (Fsp3) is 0.0667. The molecule has 0 aliphatic rings. The van der Waals surface area contributed by atoms with E-state index in [2.05, 4.69) is 38.4 Å². The highest BCUT2D eigenvalue weighted by Gasteiger charge is 2.00. The molecule has 0 atom stereocenters. The van der Waals surface area contributed by atoms with Crippen LogP contribution in [0.3, 0.4) is 0 Å². The van der Waals surface area contributed by atoms with Crippen molar-refractivity contribution in [1.82, 2.24) is 5.43 Å². The van der Waals surface area contributed by atoms with E-state index in [-0.39, 0.29) is 18.2 Å². The molecule has 2 aromatic rings. The van der Waals surface area contributed by atoms with E-state index in [1.807, 2.05) is 24.3 Å². The average molecular weight is 395 g/mol. The molecule has 0 aliphatic carbocycles. The minimum atomic E-state index is -0.264. The van der Waals surface area contributed by atoms with Crippen molar-refractivity contribution in [3.05, 3.63) is 57.7 Å². The molecule has 0 aliphatic heterocycles. The van der Waals surface area contributed by atoms with Gasteiger partial charge in [0.2, 0.25) is 0 Å². The summed E-state index contributed by atoms with van der Waals surface area (Å²) in [6.45, 7) is 0.124. The van der Waals surface area contributed by atoms with E-state index in [1.54, 1.807) is 24.3 Å². The van der Waals surface area contributed by atoms with Crippen molar-refractivity contribution in [2.45, 2.75) is 0 Å². The van der Waals surface area contributed by atoms with Crippen molar-refractivity contribution >= 4 is 40.4 Å². The standard InChI is InChI=1S/C15H14IN3O2/c16-12-5-7-13(8-6-12)17-10-15(21)19-18-9-11-3-1-2-4-14(11)20/h1-9,17,20H,10H2,(H,19,21)/b18-9+. The number of carbonyl (C=O) groups is 1. The summed E-state index contributed by atoms with van der Waals surface area (Å²) in [6.07, 6.45) is 1.40. The van der Waals surface area contributed by atoms with Crippen LogP contribution in [0.4, 0.5) is 5.69 Å². The topological polar surface area (TPSA) is 73.7 Å². The molecular formula is C15H14IN3O2. The van der Waals surface area contributed by atoms with Gasteiger partial charge in [-0.05, 0) is 59.0 Å². The molecule has 0 spiro atoms. The van der Waals surface area contributed by atoms with Crippen LogP contribution in [0.25, 0.3) is 0 Å². The molecule has 0 heterocycles. The van der Waals surface area contributed by atoms with Gasteiger partial charge in [0.05, 0.1) is 12.8 Å². The Labute approximate surface area is 136 Å². The first-order chi connectivity index (χ1) is 10.1. The summed E-state index contributed by atoms with van der Waals surface area (Å²) >= 11 is 2.22. The zero-order valence-corrected chi connectivity index (χ0v) is 13.2. The summed E-state index contributed by atoms with van der Waals surface area (Å²) in [5.41, 5.74) is 3.81. The lowest BCUT2D eigenvalue weighted by atomic mass is 10.2. The van der Waals surface area contributed by atoms with E-state index in [0.717, 1.165) is 9.26 Å². The first-order valence-corrected chi connectivity index (χ1v) is 7.32. The molecule has 0 fully saturated rings. The summed E-state index contributed by atoms with van der Waals surface area (Å²) in [5.74, 6) is -0.146. The minimum absolute atomic E-state index is 0.118. The number of benzene rings is 2. The van der Waals surface area contributed by atoms with Crippen LogP contribution in [0.1, 0.15) is 5.56 Å². The fourth-order valence-corrected chi connectivity index (χ4v) is 1.92. The Morgan fingerprint density at radius 3 is 2.62 bits per heavy atom. The van der Waals surface area contributed by atoms with Gasteiger partial charge in [0, 0.05) is 14.8 Å². The number of phenols is 1. The van der Waals surface area contributed by atoms with Crippen LogP contribution in [0.2, 0.25) is 0 Å². The Morgan fingerprint density at radius 1 is 1.19 bits per heavy atom. The lowest BCUT2D eigenvalue weighted by Gasteiger charge is -2.05. The number of phenolic OH excluding ortho intramolecular Hbond substituents is 1. The van der Waals surface area contributed by atoms with Crippen LogP contribution in [0.5, 0.6) is 5.75 Å². The molecular weight excluding hydrogens is 381 g/mol. The van der Waals surface area contributed by atoms with Gasteiger partial charge < -0.3 is 10.4 Å². The molecule has 2 rings (SSSR count). The van der Waals surface area contributed by atoms with Crippen LogP contribution < -0.4 is 10.7 Å². The first kappa shape index (κ1) is 15.3. The van der Waals surface area contributed by atoms with Crippen LogP contribution in [0, 0.1) is 3.57 Å². The molecule has 108 valence electrons. The Bertz CT molecular complexity index is 642. The highest BCUT2D eigenvalue weighted by atomic mass is 127. The van der Waals surface area contributed by atoms with Gasteiger partial charge in [0.1, 0.15) is 5.75 Å². The normalized spacial score (nSPS) is 10.5. The van der Waals surface area contributed by atoms with E-state index in [1.165, 1.54) is 6.21 Å². The molecule has 0 unspecified atom stereocenters. The zero-order chi connectivity index (χ0) is 15.1.